The molecule has 18 nitrogen and oxygen atoms in total. The zero-order valence-corrected chi connectivity index (χ0v) is 41.7. The van der Waals surface area contributed by atoms with Crippen LogP contribution in [-0.2, 0) is 56.9 Å². The molecule has 2 aromatic heterocycles. The molecule has 5 heterocycles. The van der Waals surface area contributed by atoms with E-state index < -0.39 is 46.7 Å². The van der Waals surface area contributed by atoms with Gasteiger partial charge in [0.1, 0.15) is 29.9 Å². The van der Waals surface area contributed by atoms with Gasteiger partial charge in [-0.2, -0.15) is 0 Å². The van der Waals surface area contributed by atoms with Crippen molar-refractivity contribution in [2.75, 3.05) is 19.6 Å². The van der Waals surface area contributed by atoms with Crippen LogP contribution in [0.1, 0.15) is 127 Å². The molecule has 3 atom stereocenters. The Labute approximate surface area is 414 Å². The average Bonchev–Trinajstić information content (AvgIpc) is 3.85. The van der Waals surface area contributed by atoms with E-state index in [4.69, 9.17) is 15.5 Å². The molecular weight excluding hydrogens is 965 g/mol. The van der Waals surface area contributed by atoms with Gasteiger partial charge in [-0.25, -0.2) is 9.78 Å². The van der Waals surface area contributed by atoms with Crippen LogP contribution in [0.15, 0.2) is 51.8 Å². The van der Waals surface area contributed by atoms with Crippen LogP contribution in [0, 0.1) is 11.3 Å². The van der Waals surface area contributed by atoms with Crippen molar-refractivity contribution < 1.29 is 43.1 Å². The number of nitrogens with two attached hydrogens (primary N) is 1. The van der Waals surface area contributed by atoms with Gasteiger partial charge in [-0.05, 0) is 86.1 Å². The second-order valence-electron chi connectivity index (χ2n) is 19.6. The SMILES string of the molecule is CC[C@@]1(CC(=O)CC2(CNC(=O)[C@H](CCCNC(N)=O)NC(=O)[C@@H](NC(=O)CCCCCN3C(=O)C=CC3=O)C(C)C)CCCCC2)C(=O)OCc2c1cc1n(c2=O)Cc2cc3c(Br)cccc3nc2-1. The Bertz CT molecular complexity index is 2660. The molecule has 1 saturated carbocycles. The minimum absolute atomic E-state index is 0.0551. The van der Waals surface area contributed by atoms with Crippen molar-refractivity contribution in [2.24, 2.45) is 17.1 Å². The van der Waals surface area contributed by atoms with E-state index in [0.717, 1.165) is 45.1 Å². The van der Waals surface area contributed by atoms with Gasteiger partial charge in [0.25, 0.3) is 17.4 Å². The lowest BCUT2D eigenvalue weighted by molar-refractivity contribution is -0.156. The number of halogens is 1. The minimum Gasteiger partial charge on any atom is -0.460 e. The number of esters is 1. The largest absolute Gasteiger partial charge is 0.460 e. The maximum atomic E-state index is 14.6. The van der Waals surface area contributed by atoms with Crippen molar-refractivity contribution >= 4 is 74.2 Å². The summed E-state index contributed by atoms with van der Waals surface area (Å²) in [6, 6.07) is 6.81. The molecule has 1 aromatic carbocycles. The van der Waals surface area contributed by atoms with Crippen molar-refractivity contribution in [1.82, 2.24) is 35.7 Å². The Hall–Kier alpha value is -6.24. The molecular formula is C51H63BrN8O10. The zero-order chi connectivity index (χ0) is 50.3. The summed E-state index contributed by atoms with van der Waals surface area (Å²) in [5, 5.41) is 12.1. The smallest absolute Gasteiger partial charge is 0.317 e. The summed E-state index contributed by atoms with van der Waals surface area (Å²) in [5.74, 6) is -3.27. The Kier molecular flexibility index (Phi) is 16.4. The van der Waals surface area contributed by atoms with Crippen molar-refractivity contribution in [2.45, 2.75) is 141 Å². The molecule has 3 aliphatic heterocycles. The van der Waals surface area contributed by atoms with Gasteiger partial charge >= 0.3 is 12.0 Å². The number of carbonyl (C=O) groups excluding carboxylic acids is 8. The van der Waals surface area contributed by atoms with Gasteiger partial charge in [0, 0.05) is 66.5 Å². The predicted molar refractivity (Wildman–Crippen MR) is 263 cm³/mol. The number of ether oxygens (including phenoxy) is 1. The molecule has 6 N–H and O–H groups in total. The van der Waals surface area contributed by atoms with E-state index in [2.05, 4.69) is 37.2 Å². The highest BCUT2D eigenvalue weighted by molar-refractivity contribution is 9.10. The van der Waals surface area contributed by atoms with Crippen molar-refractivity contribution in [3.63, 3.8) is 0 Å². The number of nitrogens with zero attached hydrogens (tertiary/aromatic N) is 3. The second kappa shape index (κ2) is 22.2. The first kappa shape index (κ1) is 51.6. The van der Waals surface area contributed by atoms with Crippen LogP contribution in [0.5, 0.6) is 0 Å². The highest BCUT2D eigenvalue weighted by Crippen LogP contribution is 2.45. The van der Waals surface area contributed by atoms with Crippen LogP contribution in [-0.4, -0.2) is 93.5 Å². The lowest BCUT2D eigenvalue weighted by Gasteiger charge is -2.40. The molecule has 4 aliphatic rings. The first-order valence-corrected chi connectivity index (χ1v) is 25.2. The third-order valence-electron chi connectivity index (χ3n) is 14.4. The number of fused-ring (bicyclic) bond motifs is 5. The van der Waals surface area contributed by atoms with Crippen LogP contribution < -0.4 is 32.6 Å². The fourth-order valence-electron chi connectivity index (χ4n) is 10.5. The van der Waals surface area contributed by atoms with E-state index in [1.54, 1.807) is 18.4 Å². The molecule has 374 valence electrons. The van der Waals surface area contributed by atoms with Crippen LogP contribution in [0.4, 0.5) is 4.79 Å². The number of hydrogen-bond acceptors (Lipinski definition) is 11. The van der Waals surface area contributed by atoms with Gasteiger partial charge in [-0.15, -0.1) is 0 Å². The van der Waals surface area contributed by atoms with E-state index in [0.29, 0.717) is 61.2 Å². The van der Waals surface area contributed by atoms with Crippen molar-refractivity contribution in [3.8, 4) is 11.4 Å². The fourth-order valence-corrected chi connectivity index (χ4v) is 11.0. The molecule has 0 bridgehead atoms. The number of nitrogens with one attached hydrogen (secondary N) is 4. The van der Waals surface area contributed by atoms with Gasteiger partial charge in [0.15, 0.2) is 0 Å². The number of urea groups is 1. The Balaban J connectivity index is 1.03. The maximum absolute atomic E-state index is 14.6. The molecule has 7 rings (SSSR count). The number of unbranched alkanes of at least 4 members (excludes halogenated alkanes) is 2. The van der Waals surface area contributed by atoms with Gasteiger partial charge in [0.2, 0.25) is 17.7 Å². The molecule has 0 radical (unpaired) electrons. The Morgan fingerprint density at radius 1 is 0.900 bits per heavy atom. The summed E-state index contributed by atoms with van der Waals surface area (Å²) in [7, 11) is 0. The number of pyridine rings is 2. The molecule has 1 fully saturated rings. The van der Waals surface area contributed by atoms with E-state index in [1.807, 2.05) is 37.3 Å². The normalized spacial score (nSPS) is 18.7. The predicted octanol–water partition coefficient (Wildman–Crippen LogP) is 4.87. The number of Topliss-reactive ketones (excluding diaryl/α,β-unsaturated/α-hetero) is 1. The van der Waals surface area contributed by atoms with E-state index >= 15 is 0 Å². The highest BCUT2D eigenvalue weighted by atomic mass is 79.9. The summed E-state index contributed by atoms with van der Waals surface area (Å²) < 4.78 is 8.26. The zero-order valence-electron chi connectivity index (χ0n) is 40.1. The Morgan fingerprint density at radius 2 is 1.64 bits per heavy atom. The standard InChI is InChI=1S/C51H63BrN8O10/c1-4-51(35-24-39-44-31(23-33-36(52)13-11-14-37(33)56-44)27-60(39)47(67)34(35)28-70-48(51)68)26-32(61)25-50(19-8-6-9-20-50)29-55-45(65)38(15-12-21-54-49(53)69)57-46(66)43(30(2)3)58-40(62)16-7-5-10-22-59-41(63)17-18-42(59)64/h11,13-14,17-18,23-24,30,38,43H,4-10,12,15-16,19-22,25-29H2,1-3H3,(H,55,65)(H,57,66)(H,58,62)(H3,53,54,69)/t38-,43-,51-/m0/s1. The molecule has 70 heavy (non-hydrogen) atoms. The van der Waals surface area contributed by atoms with E-state index in [-0.39, 0.29) is 99.7 Å². The highest BCUT2D eigenvalue weighted by Gasteiger charge is 2.49. The van der Waals surface area contributed by atoms with Crippen LogP contribution in [0.3, 0.4) is 0 Å². The Morgan fingerprint density at radius 3 is 2.34 bits per heavy atom. The van der Waals surface area contributed by atoms with Crippen molar-refractivity contribution in [3.05, 3.63) is 74.0 Å². The molecule has 1 aliphatic carbocycles. The summed E-state index contributed by atoms with van der Waals surface area (Å²) in [4.78, 5) is 125. The maximum Gasteiger partial charge on any atom is 0.317 e. The number of rotatable bonds is 22. The number of benzene rings is 1. The number of hydrogen-bond donors (Lipinski definition) is 5. The van der Waals surface area contributed by atoms with Crippen LogP contribution in [0.25, 0.3) is 22.3 Å². The number of cyclic esters (lactones) is 1. The number of primary amides is 1. The summed E-state index contributed by atoms with van der Waals surface area (Å²) in [5.41, 5.74) is 6.57. The van der Waals surface area contributed by atoms with Gasteiger partial charge < -0.3 is 36.3 Å². The van der Waals surface area contributed by atoms with Crippen molar-refractivity contribution in [1.29, 1.82) is 0 Å². The lowest BCUT2D eigenvalue weighted by atomic mass is 9.66. The fraction of sp³-hybridized carbons (Fsp3) is 0.529. The quantitative estimate of drug-likeness (QED) is 0.0403. The van der Waals surface area contributed by atoms with Crippen LogP contribution in [0.2, 0.25) is 0 Å². The first-order chi connectivity index (χ1) is 33.5. The number of carbonyl (C=O) groups is 8. The first-order valence-electron chi connectivity index (χ1n) is 24.4. The number of ketones is 1. The topological polar surface area (TPSA) is 258 Å². The van der Waals surface area contributed by atoms with Gasteiger partial charge in [0.05, 0.1) is 29.0 Å². The second-order valence-corrected chi connectivity index (χ2v) is 20.4. The lowest BCUT2D eigenvalue weighted by Crippen LogP contribution is -2.56. The van der Waals surface area contributed by atoms with E-state index in [9.17, 15) is 43.2 Å². The number of imide groups is 1. The number of aromatic nitrogens is 2. The number of amides is 7. The molecule has 0 unspecified atom stereocenters. The van der Waals surface area contributed by atoms with Crippen LogP contribution >= 0.6 is 15.9 Å². The average molecular weight is 1030 g/mol. The summed E-state index contributed by atoms with van der Waals surface area (Å²) >= 11 is 3.61. The third-order valence-corrected chi connectivity index (χ3v) is 15.1. The monoisotopic (exact) mass is 1030 g/mol. The molecule has 0 spiro atoms. The minimum atomic E-state index is -1.42. The van der Waals surface area contributed by atoms with Gasteiger partial charge in [-0.1, -0.05) is 68.5 Å². The molecule has 19 heteroatoms. The molecule has 7 amide bonds. The van der Waals surface area contributed by atoms with E-state index in [1.165, 1.54) is 12.2 Å². The van der Waals surface area contributed by atoms with Gasteiger partial charge in [-0.3, -0.25) is 43.3 Å². The third kappa shape index (κ3) is 11.3. The summed E-state index contributed by atoms with van der Waals surface area (Å²) in [6.45, 7) is 5.98. The summed E-state index contributed by atoms with van der Waals surface area (Å²) in [6.07, 6.45) is 8.43. The molecule has 0 saturated heterocycles. The molecule has 3 aromatic rings.